The predicted octanol–water partition coefficient (Wildman–Crippen LogP) is 2.20. The van der Waals surface area contributed by atoms with E-state index in [4.69, 9.17) is 5.73 Å². The smallest absolute Gasteiger partial charge is 0.259 e. The van der Waals surface area contributed by atoms with Crippen molar-refractivity contribution >= 4 is 23.2 Å². The Balaban J connectivity index is 1.72. The van der Waals surface area contributed by atoms with E-state index in [-0.39, 0.29) is 36.3 Å². The zero-order valence-electron chi connectivity index (χ0n) is 16.3. The number of carbonyl (C=O) groups excluding carboxylic acids is 1. The summed E-state index contributed by atoms with van der Waals surface area (Å²) >= 11 is 0. The number of nitrogens with one attached hydrogen (secondary N) is 1. The van der Waals surface area contributed by atoms with E-state index in [1.165, 1.54) is 16.8 Å². The molecular weight excluding hydrogens is 392 g/mol. The Hall–Kier alpha value is -3.30. The fourth-order valence-corrected chi connectivity index (χ4v) is 4.35. The summed E-state index contributed by atoms with van der Waals surface area (Å²) in [7, 11) is 0. The molecule has 1 saturated heterocycles. The highest BCUT2D eigenvalue weighted by Crippen LogP contribution is 2.38. The van der Waals surface area contributed by atoms with Crippen molar-refractivity contribution in [2.24, 2.45) is 0 Å². The molecule has 0 spiro atoms. The van der Waals surface area contributed by atoms with Crippen molar-refractivity contribution in [2.45, 2.75) is 44.4 Å². The molecule has 3 unspecified atom stereocenters. The second-order valence-corrected chi connectivity index (χ2v) is 7.92. The Morgan fingerprint density at radius 1 is 1.37 bits per heavy atom. The number of halogens is 2. The number of rotatable bonds is 0. The molecule has 3 atom stereocenters. The number of nitrogens with two attached hydrogens (primary N) is 1. The lowest BCUT2D eigenvalue weighted by Gasteiger charge is -2.27. The molecular formula is C20H21F2N7O. The average Bonchev–Trinajstić information content (AvgIpc) is 3.24. The van der Waals surface area contributed by atoms with Crippen LogP contribution in [0.15, 0.2) is 24.5 Å². The Morgan fingerprint density at radius 3 is 3.03 bits per heavy atom. The van der Waals surface area contributed by atoms with Gasteiger partial charge < -0.3 is 16.0 Å². The summed E-state index contributed by atoms with van der Waals surface area (Å²) in [5, 5.41) is 7.10. The number of pyridine rings is 1. The van der Waals surface area contributed by atoms with Gasteiger partial charge in [-0.2, -0.15) is 0 Å². The van der Waals surface area contributed by atoms with E-state index in [0.29, 0.717) is 35.6 Å². The van der Waals surface area contributed by atoms with Crippen molar-refractivity contribution in [3.05, 3.63) is 47.2 Å². The number of nitrogen functional groups attached to an aromatic ring is 1. The van der Waals surface area contributed by atoms with Crippen molar-refractivity contribution in [1.29, 1.82) is 0 Å². The largest absolute Gasteiger partial charge is 0.381 e. The number of amides is 1. The van der Waals surface area contributed by atoms with Gasteiger partial charge in [-0.05, 0) is 37.5 Å². The molecule has 8 nitrogen and oxygen atoms in total. The van der Waals surface area contributed by atoms with Gasteiger partial charge in [-0.1, -0.05) is 0 Å². The maximum absolute atomic E-state index is 14.5. The van der Waals surface area contributed by atoms with Gasteiger partial charge in [0.05, 0.1) is 18.8 Å². The van der Waals surface area contributed by atoms with Gasteiger partial charge in [-0.15, -0.1) is 5.10 Å². The lowest BCUT2D eigenvalue weighted by molar-refractivity contribution is 0.0940. The van der Waals surface area contributed by atoms with E-state index in [9.17, 15) is 13.6 Å². The van der Waals surface area contributed by atoms with E-state index in [2.05, 4.69) is 20.4 Å². The highest BCUT2D eigenvalue weighted by molar-refractivity contribution is 6.04. The van der Waals surface area contributed by atoms with Gasteiger partial charge in [-0.3, -0.25) is 9.78 Å². The van der Waals surface area contributed by atoms with Crippen LogP contribution in [-0.4, -0.2) is 44.2 Å². The van der Waals surface area contributed by atoms with Crippen LogP contribution < -0.4 is 16.0 Å². The Bertz CT molecular complexity index is 1150. The molecule has 0 aromatic carbocycles. The van der Waals surface area contributed by atoms with Crippen LogP contribution in [0.25, 0.3) is 5.65 Å². The first-order chi connectivity index (χ1) is 14.4. The summed E-state index contributed by atoms with van der Waals surface area (Å²) in [5.41, 5.74) is 7.84. The molecule has 2 bridgehead atoms. The molecule has 10 heteroatoms. The first-order valence-electron chi connectivity index (χ1n) is 9.91. The first-order valence-corrected chi connectivity index (χ1v) is 9.91. The Morgan fingerprint density at radius 2 is 2.20 bits per heavy atom. The molecule has 3 aromatic rings. The van der Waals surface area contributed by atoms with Crippen molar-refractivity contribution in [3.8, 4) is 0 Å². The first kappa shape index (κ1) is 18.7. The number of nitrogens with zero attached hydrogens (tertiary/aromatic N) is 5. The number of aromatic nitrogens is 4. The molecule has 156 valence electrons. The van der Waals surface area contributed by atoms with Crippen LogP contribution in [0, 0.1) is 5.82 Å². The Labute approximate surface area is 171 Å². The SMILES string of the molecule is CC1CCc2ncc(F)cc2C2CC(F)CN2c2ccn3nc(N)c(c3n2)C(=O)N1. The van der Waals surface area contributed by atoms with Gasteiger partial charge in [0.25, 0.3) is 5.91 Å². The van der Waals surface area contributed by atoms with E-state index < -0.39 is 18.0 Å². The number of fused-ring (bicyclic) bond motifs is 5. The van der Waals surface area contributed by atoms with Crippen LogP contribution in [0.3, 0.4) is 0 Å². The monoisotopic (exact) mass is 413 g/mol. The molecule has 2 aliphatic rings. The fraction of sp³-hybridized carbons (Fsp3) is 0.400. The topological polar surface area (TPSA) is 101 Å². The second kappa shape index (κ2) is 6.89. The quantitative estimate of drug-likeness (QED) is 0.586. The van der Waals surface area contributed by atoms with Crippen LogP contribution in [0.4, 0.5) is 20.4 Å². The summed E-state index contributed by atoms with van der Waals surface area (Å²) in [5.74, 6) is -0.278. The number of hydrogen-bond donors (Lipinski definition) is 2. The molecule has 3 aromatic heterocycles. The van der Waals surface area contributed by atoms with Crippen molar-refractivity contribution in [2.75, 3.05) is 17.2 Å². The van der Waals surface area contributed by atoms with Crippen LogP contribution in [0.5, 0.6) is 0 Å². The van der Waals surface area contributed by atoms with Crippen LogP contribution in [-0.2, 0) is 6.42 Å². The van der Waals surface area contributed by atoms with Gasteiger partial charge >= 0.3 is 0 Å². The molecule has 30 heavy (non-hydrogen) atoms. The van der Waals surface area contributed by atoms with Crippen molar-refractivity contribution < 1.29 is 13.6 Å². The minimum Gasteiger partial charge on any atom is -0.381 e. The van der Waals surface area contributed by atoms with Gasteiger partial charge in [0.2, 0.25) is 0 Å². The van der Waals surface area contributed by atoms with Gasteiger partial charge in [0.15, 0.2) is 11.5 Å². The molecule has 5 rings (SSSR count). The molecule has 3 N–H and O–H groups in total. The highest BCUT2D eigenvalue weighted by Gasteiger charge is 2.36. The van der Waals surface area contributed by atoms with E-state index in [0.717, 1.165) is 0 Å². The number of alkyl halides is 1. The number of aryl methyl sites for hydroxylation is 1. The lowest BCUT2D eigenvalue weighted by atomic mass is 9.98. The van der Waals surface area contributed by atoms with Crippen LogP contribution in [0.1, 0.15) is 47.4 Å². The third-order valence-electron chi connectivity index (χ3n) is 5.79. The zero-order chi connectivity index (χ0) is 21.0. The summed E-state index contributed by atoms with van der Waals surface area (Å²) in [4.78, 5) is 23.6. The molecule has 1 amide bonds. The average molecular weight is 413 g/mol. The van der Waals surface area contributed by atoms with Gasteiger partial charge in [0, 0.05) is 24.4 Å². The Kier molecular flexibility index (Phi) is 4.30. The van der Waals surface area contributed by atoms with E-state index in [1.54, 1.807) is 17.2 Å². The third-order valence-corrected chi connectivity index (χ3v) is 5.79. The number of carbonyl (C=O) groups is 1. The van der Waals surface area contributed by atoms with Crippen molar-refractivity contribution in [3.63, 3.8) is 0 Å². The summed E-state index contributed by atoms with van der Waals surface area (Å²) in [6.45, 7) is 1.99. The van der Waals surface area contributed by atoms with E-state index >= 15 is 0 Å². The normalized spacial score (nSPS) is 24.0. The third kappa shape index (κ3) is 3.03. The van der Waals surface area contributed by atoms with Crippen LogP contribution >= 0.6 is 0 Å². The molecule has 2 aliphatic heterocycles. The number of anilines is 2. The maximum Gasteiger partial charge on any atom is 0.259 e. The fourth-order valence-electron chi connectivity index (χ4n) is 4.35. The maximum atomic E-state index is 14.5. The van der Waals surface area contributed by atoms with Crippen molar-refractivity contribution in [1.82, 2.24) is 24.9 Å². The number of hydrogen-bond acceptors (Lipinski definition) is 6. The summed E-state index contributed by atoms with van der Waals surface area (Å²) in [6.07, 6.45) is 3.04. The molecule has 0 aliphatic carbocycles. The highest BCUT2D eigenvalue weighted by atomic mass is 19.1. The molecule has 1 fully saturated rings. The summed E-state index contributed by atoms with van der Waals surface area (Å²) < 4.78 is 30.1. The summed E-state index contributed by atoms with van der Waals surface area (Å²) in [6, 6.07) is 2.53. The molecule has 0 radical (unpaired) electrons. The van der Waals surface area contributed by atoms with E-state index in [1.807, 2.05) is 6.92 Å². The molecule has 0 saturated carbocycles. The predicted molar refractivity (Wildman–Crippen MR) is 106 cm³/mol. The standard InChI is InChI=1S/C20H21F2N7O/c1-10-2-3-14-13(6-11(21)8-24-14)15-7-12(22)9-28(15)16-4-5-29-19(26-16)17(18(23)27-29)20(30)25-10/h4-6,8,10,12,15H,2-3,7,9H2,1H3,(H2,23,27)(H,25,30). The minimum atomic E-state index is -1.09. The zero-order valence-corrected chi connectivity index (χ0v) is 16.3. The lowest BCUT2D eigenvalue weighted by Crippen LogP contribution is -2.33. The van der Waals surface area contributed by atoms with Crippen LogP contribution in [0.2, 0.25) is 0 Å². The molecule has 5 heterocycles. The second-order valence-electron chi connectivity index (χ2n) is 7.92. The van der Waals surface area contributed by atoms with Gasteiger partial charge in [0.1, 0.15) is 23.4 Å². The van der Waals surface area contributed by atoms with Gasteiger partial charge in [-0.25, -0.2) is 18.3 Å². The minimum absolute atomic E-state index is 0.0765.